The minimum absolute atomic E-state index is 0.0377. The molecule has 2 aromatic rings. The zero-order chi connectivity index (χ0) is 16.1. The lowest BCUT2D eigenvalue weighted by Gasteiger charge is -2.26. The summed E-state index contributed by atoms with van der Waals surface area (Å²) in [6.45, 7) is 4.37. The highest BCUT2D eigenvalue weighted by atomic mass is 35.5. The van der Waals surface area contributed by atoms with Gasteiger partial charge in [-0.1, -0.05) is 31.5 Å². The Labute approximate surface area is 135 Å². The van der Waals surface area contributed by atoms with Gasteiger partial charge in [0.1, 0.15) is 5.75 Å². The monoisotopic (exact) mass is 321 g/mol. The van der Waals surface area contributed by atoms with Crippen LogP contribution in [-0.4, -0.2) is 33.9 Å². The molecule has 0 spiro atoms. The molecule has 5 nitrogen and oxygen atoms in total. The Balaban J connectivity index is 2.08. The standard InChI is InChI=1S/C16H20ClN3O2/c1-11(2)15(22-14-6-4-5-12(17)7-14)16(21)20(3)9-13-8-18-10-19-13/h4-8,10-11,15H,9H2,1-3H3,(H,18,19). The summed E-state index contributed by atoms with van der Waals surface area (Å²) in [5.74, 6) is 0.551. The van der Waals surface area contributed by atoms with E-state index in [9.17, 15) is 4.79 Å². The summed E-state index contributed by atoms with van der Waals surface area (Å²) in [6, 6.07) is 7.07. The lowest BCUT2D eigenvalue weighted by atomic mass is 10.1. The largest absolute Gasteiger partial charge is 0.480 e. The predicted octanol–water partition coefficient (Wildman–Crippen LogP) is 3.13. The second-order valence-corrected chi connectivity index (χ2v) is 5.95. The molecule has 1 heterocycles. The molecule has 0 fully saturated rings. The van der Waals surface area contributed by atoms with Gasteiger partial charge in [0.2, 0.25) is 0 Å². The second-order valence-electron chi connectivity index (χ2n) is 5.51. The number of halogens is 1. The van der Waals surface area contributed by atoms with Crippen LogP contribution in [0.5, 0.6) is 5.75 Å². The van der Waals surface area contributed by atoms with E-state index in [2.05, 4.69) is 9.97 Å². The van der Waals surface area contributed by atoms with Gasteiger partial charge in [-0.25, -0.2) is 4.98 Å². The highest BCUT2D eigenvalue weighted by molar-refractivity contribution is 6.30. The van der Waals surface area contributed by atoms with Crippen molar-refractivity contribution in [2.24, 2.45) is 5.92 Å². The van der Waals surface area contributed by atoms with Crippen molar-refractivity contribution in [1.82, 2.24) is 14.9 Å². The zero-order valence-electron chi connectivity index (χ0n) is 12.9. The first-order valence-corrected chi connectivity index (χ1v) is 7.49. The molecule has 6 heteroatoms. The summed E-state index contributed by atoms with van der Waals surface area (Å²) in [7, 11) is 1.75. The molecule has 0 radical (unpaired) electrons. The first-order chi connectivity index (χ1) is 10.5. The minimum atomic E-state index is -0.564. The maximum absolute atomic E-state index is 12.6. The highest BCUT2D eigenvalue weighted by Crippen LogP contribution is 2.21. The summed E-state index contributed by atoms with van der Waals surface area (Å²) in [4.78, 5) is 21.2. The highest BCUT2D eigenvalue weighted by Gasteiger charge is 2.27. The van der Waals surface area contributed by atoms with E-state index in [4.69, 9.17) is 16.3 Å². The van der Waals surface area contributed by atoms with Crippen LogP contribution in [0.4, 0.5) is 0 Å². The Hall–Kier alpha value is -2.01. The van der Waals surface area contributed by atoms with Gasteiger partial charge in [0.15, 0.2) is 6.10 Å². The Kier molecular flexibility index (Phi) is 5.44. The van der Waals surface area contributed by atoms with Crippen molar-refractivity contribution in [3.63, 3.8) is 0 Å². The van der Waals surface area contributed by atoms with Gasteiger partial charge in [-0.05, 0) is 24.1 Å². The number of hydrogen-bond acceptors (Lipinski definition) is 3. The van der Waals surface area contributed by atoms with Gasteiger partial charge in [0.05, 0.1) is 18.6 Å². The quantitative estimate of drug-likeness (QED) is 0.889. The molecule has 0 aliphatic rings. The van der Waals surface area contributed by atoms with E-state index in [1.54, 1.807) is 48.7 Å². The lowest BCUT2D eigenvalue weighted by molar-refractivity contribution is -0.139. The van der Waals surface area contributed by atoms with Crippen molar-refractivity contribution in [3.8, 4) is 5.75 Å². The number of nitrogens with one attached hydrogen (secondary N) is 1. The van der Waals surface area contributed by atoms with Gasteiger partial charge in [-0.3, -0.25) is 4.79 Å². The smallest absolute Gasteiger partial charge is 0.264 e. The topological polar surface area (TPSA) is 58.2 Å². The van der Waals surface area contributed by atoms with Gasteiger partial charge in [0, 0.05) is 18.3 Å². The number of carbonyl (C=O) groups excluding carboxylic acids is 1. The van der Waals surface area contributed by atoms with Crippen molar-refractivity contribution >= 4 is 17.5 Å². The molecule has 0 saturated heterocycles. The number of aromatic amines is 1. The number of aromatic nitrogens is 2. The zero-order valence-corrected chi connectivity index (χ0v) is 13.7. The van der Waals surface area contributed by atoms with Crippen LogP contribution < -0.4 is 4.74 Å². The van der Waals surface area contributed by atoms with Crippen LogP contribution in [0.1, 0.15) is 19.5 Å². The summed E-state index contributed by atoms with van der Waals surface area (Å²) in [5, 5.41) is 0.582. The summed E-state index contributed by atoms with van der Waals surface area (Å²) < 4.78 is 5.86. The molecular formula is C16H20ClN3O2. The molecule has 0 bridgehead atoms. The summed E-state index contributed by atoms with van der Waals surface area (Å²) in [6.07, 6.45) is 2.73. The van der Waals surface area contributed by atoms with E-state index in [0.717, 1.165) is 5.69 Å². The maximum atomic E-state index is 12.6. The van der Waals surface area contributed by atoms with Gasteiger partial charge < -0.3 is 14.6 Å². The molecule has 1 unspecified atom stereocenters. The fraction of sp³-hybridized carbons (Fsp3) is 0.375. The lowest BCUT2D eigenvalue weighted by Crippen LogP contribution is -2.42. The number of benzene rings is 1. The molecule has 1 atom stereocenters. The van der Waals surface area contributed by atoms with Gasteiger partial charge >= 0.3 is 0 Å². The summed E-state index contributed by atoms with van der Waals surface area (Å²) in [5.41, 5.74) is 0.876. The molecule has 0 aliphatic carbocycles. The molecule has 1 aromatic heterocycles. The van der Waals surface area contributed by atoms with Crippen molar-refractivity contribution in [2.45, 2.75) is 26.5 Å². The van der Waals surface area contributed by atoms with Crippen molar-refractivity contribution in [1.29, 1.82) is 0 Å². The van der Waals surface area contributed by atoms with Gasteiger partial charge in [-0.15, -0.1) is 0 Å². The van der Waals surface area contributed by atoms with E-state index in [-0.39, 0.29) is 11.8 Å². The molecule has 0 aliphatic heterocycles. The third kappa shape index (κ3) is 4.24. The number of hydrogen-bond donors (Lipinski definition) is 1. The van der Waals surface area contributed by atoms with E-state index >= 15 is 0 Å². The Bertz CT molecular complexity index is 614. The van der Waals surface area contributed by atoms with Crippen molar-refractivity contribution in [3.05, 3.63) is 47.5 Å². The average molecular weight is 322 g/mol. The Morgan fingerprint density at radius 1 is 1.45 bits per heavy atom. The molecule has 2 rings (SSSR count). The fourth-order valence-electron chi connectivity index (χ4n) is 2.08. The Morgan fingerprint density at radius 3 is 2.82 bits per heavy atom. The van der Waals surface area contributed by atoms with Crippen LogP contribution in [-0.2, 0) is 11.3 Å². The first-order valence-electron chi connectivity index (χ1n) is 7.12. The SMILES string of the molecule is CC(C)C(Oc1cccc(Cl)c1)C(=O)N(C)Cc1cnc[nH]1. The average Bonchev–Trinajstić information content (AvgIpc) is 2.96. The van der Waals surface area contributed by atoms with E-state index in [0.29, 0.717) is 17.3 Å². The number of ether oxygens (including phenoxy) is 1. The van der Waals surface area contributed by atoms with Crippen LogP contribution in [0.2, 0.25) is 5.02 Å². The van der Waals surface area contributed by atoms with Crippen molar-refractivity contribution in [2.75, 3.05) is 7.05 Å². The number of H-pyrrole nitrogens is 1. The van der Waals surface area contributed by atoms with Crippen LogP contribution >= 0.6 is 11.6 Å². The molecule has 1 N–H and O–H groups in total. The third-order valence-corrected chi connectivity index (χ3v) is 3.48. The number of rotatable bonds is 6. The van der Waals surface area contributed by atoms with Crippen LogP contribution in [0.3, 0.4) is 0 Å². The number of likely N-dealkylation sites (N-methyl/N-ethyl adjacent to an activating group) is 1. The van der Waals surface area contributed by atoms with E-state index < -0.39 is 6.10 Å². The maximum Gasteiger partial charge on any atom is 0.264 e. The normalized spacial score (nSPS) is 12.2. The van der Waals surface area contributed by atoms with Crippen LogP contribution in [0, 0.1) is 5.92 Å². The molecule has 1 aromatic carbocycles. The third-order valence-electron chi connectivity index (χ3n) is 3.25. The van der Waals surface area contributed by atoms with E-state index in [1.807, 2.05) is 13.8 Å². The van der Waals surface area contributed by atoms with Gasteiger partial charge in [0.25, 0.3) is 5.91 Å². The predicted molar refractivity (Wildman–Crippen MR) is 85.8 cm³/mol. The summed E-state index contributed by atoms with van der Waals surface area (Å²) >= 11 is 5.96. The molecule has 22 heavy (non-hydrogen) atoms. The van der Waals surface area contributed by atoms with Gasteiger partial charge in [-0.2, -0.15) is 0 Å². The number of nitrogens with zero attached hydrogens (tertiary/aromatic N) is 2. The van der Waals surface area contributed by atoms with Crippen molar-refractivity contribution < 1.29 is 9.53 Å². The number of carbonyl (C=O) groups is 1. The number of imidazole rings is 1. The van der Waals surface area contributed by atoms with Crippen LogP contribution in [0.15, 0.2) is 36.8 Å². The molecule has 0 saturated carbocycles. The Morgan fingerprint density at radius 2 is 2.23 bits per heavy atom. The molecule has 1 amide bonds. The minimum Gasteiger partial charge on any atom is -0.480 e. The molecular weight excluding hydrogens is 302 g/mol. The molecule has 118 valence electrons. The fourth-order valence-corrected chi connectivity index (χ4v) is 2.26. The van der Waals surface area contributed by atoms with Crippen LogP contribution in [0.25, 0.3) is 0 Å². The first kappa shape index (κ1) is 16.4. The second kappa shape index (κ2) is 7.31. The number of amides is 1. The van der Waals surface area contributed by atoms with E-state index in [1.165, 1.54) is 0 Å².